The van der Waals surface area contributed by atoms with E-state index in [1.807, 2.05) is 0 Å². The third kappa shape index (κ3) is 2.86. The first kappa shape index (κ1) is 13.4. The topological polar surface area (TPSA) is 102 Å². The van der Waals surface area contributed by atoms with Gasteiger partial charge in [0.05, 0.1) is 11.8 Å². The molecule has 0 aliphatic rings. The van der Waals surface area contributed by atoms with Gasteiger partial charge in [0.25, 0.3) is 5.91 Å². The molecule has 6 nitrogen and oxygen atoms in total. The van der Waals surface area contributed by atoms with Crippen LogP contribution in [0, 0.1) is 0 Å². The highest BCUT2D eigenvalue weighted by molar-refractivity contribution is 5.97. The second-order valence-corrected chi connectivity index (χ2v) is 3.93. The number of carbonyl (C=O) groups excluding carboxylic acids is 1. The summed E-state index contributed by atoms with van der Waals surface area (Å²) in [6, 6.07) is 10.4. The average molecular weight is 272 g/mol. The summed E-state index contributed by atoms with van der Waals surface area (Å²) in [5.74, 6) is -1.34. The van der Waals surface area contributed by atoms with Crippen molar-refractivity contribution in [2.75, 3.05) is 0 Å². The Labute approximate surface area is 114 Å². The van der Waals surface area contributed by atoms with E-state index in [1.54, 1.807) is 12.1 Å². The number of phenolic OH excluding ortho intramolecular Hbond substituents is 3. The first-order valence-corrected chi connectivity index (χ1v) is 5.72. The number of para-hydroxylation sites is 2. The molecule has 0 unspecified atom stereocenters. The Bertz CT molecular complexity index is 668. The van der Waals surface area contributed by atoms with Gasteiger partial charge in [-0.15, -0.1) is 0 Å². The maximum Gasteiger partial charge on any atom is 0.275 e. The smallest absolute Gasteiger partial charge is 0.275 e. The zero-order valence-electron chi connectivity index (χ0n) is 10.3. The summed E-state index contributed by atoms with van der Waals surface area (Å²) in [6.45, 7) is 0. The Morgan fingerprint density at radius 3 is 2.45 bits per heavy atom. The van der Waals surface area contributed by atoms with Crippen LogP contribution in [0.5, 0.6) is 17.2 Å². The minimum atomic E-state index is -0.584. The minimum Gasteiger partial charge on any atom is -0.507 e. The van der Waals surface area contributed by atoms with E-state index in [4.69, 9.17) is 0 Å². The van der Waals surface area contributed by atoms with Crippen LogP contribution in [-0.4, -0.2) is 27.4 Å². The van der Waals surface area contributed by atoms with Crippen LogP contribution in [0.1, 0.15) is 15.9 Å². The summed E-state index contributed by atoms with van der Waals surface area (Å²) in [5.41, 5.74) is 2.55. The molecule has 20 heavy (non-hydrogen) atoms. The Morgan fingerprint density at radius 2 is 1.70 bits per heavy atom. The van der Waals surface area contributed by atoms with Gasteiger partial charge in [-0.3, -0.25) is 4.79 Å². The van der Waals surface area contributed by atoms with Crippen LogP contribution in [0.15, 0.2) is 47.6 Å². The van der Waals surface area contributed by atoms with E-state index in [2.05, 4.69) is 10.5 Å². The normalized spacial score (nSPS) is 10.6. The quantitative estimate of drug-likeness (QED) is 0.387. The van der Waals surface area contributed by atoms with Crippen molar-refractivity contribution in [3.05, 3.63) is 53.6 Å². The zero-order valence-corrected chi connectivity index (χ0v) is 10.3. The predicted molar refractivity (Wildman–Crippen MR) is 72.9 cm³/mol. The minimum absolute atomic E-state index is 0.0878. The standard InChI is InChI=1S/C14H12N2O4/c17-11-6-2-1-5-10(11)14(20)16-15-8-9-4-3-7-12(18)13(9)19/h1-8,17-19H,(H,16,20)/b15-8+. The lowest BCUT2D eigenvalue weighted by atomic mass is 10.2. The molecular weight excluding hydrogens is 260 g/mol. The van der Waals surface area contributed by atoms with E-state index in [-0.39, 0.29) is 28.4 Å². The SMILES string of the molecule is O=C(N/N=C/c1cccc(O)c1O)c1ccccc1O. The van der Waals surface area contributed by atoms with Crippen LogP contribution in [0.2, 0.25) is 0 Å². The van der Waals surface area contributed by atoms with Crippen LogP contribution in [0.4, 0.5) is 0 Å². The van der Waals surface area contributed by atoms with Crippen LogP contribution in [0.3, 0.4) is 0 Å². The molecule has 0 heterocycles. The number of carbonyl (C=O) groups is 1. The van der Waals surface area contributed by atoms with E-state index >= 15 is 0 Å². The Kier molecular flexibility index (Phi) is 3.85. The lowest BCUT2D eigenvalue weighted by Gasteiger charge is -2.03. The molecule has 0 saturated heterocycles. The summed E-state index contributed by atoms with van der Waals surface area (Å²) in [5, 5.41) is 32.0. The molecule has 4 N–H and O–H groups in total. The number of phenols is 3. The van der Waals surface area contributed by atoms with Gasteiger partial charge in [-0.1, -0.05) is 18.2 Å². The van der Waals surface area contributed by atoms with E-state index in [1.165, 1.54) is 36.5 Å². The molecule has 0 radical (unpaired) electrons. The number of hydrogen-bond acceptors (Lipinski definition) is 5. The van der Waals surface area contributed by atoms with Crippen molar-refractivity contribution in [3.8, 4) is 17.2 Å². The molecular formula is C14H12N2O4. The first-order valence-electron chi connectivity index (χ1n) is 5.72. The molecule has 0 aliphatic heterocycles. The van der Waals surface area contributed by atoms with Crippen LogP contribution < -0.4 is 5.43 Å². The summed E-state index contributed by atoms with van der Waals surface area (Å²) in [6.07, 6.45) is 1.19. The maximum absolute atomic E-state index is 11.7. The van der Waals surface area contributed by atoms with Crippen LogP contribution in [-0.2, 0) is 0 Å². The predicted octanol–water partition coefficient (Wildman–Crippen LogP) is 1.57. The van der Waals surface area contributed by atoms with E-state index < -0.39 is 5.91 Å². The van der Waals surface area contributed by atoms with E-state index in [9.17, 15) is 20.1 Å². The van der Waals surface area contributed by atoms with Gasteiger partial charge < -0.3 is 15.3 Å². The molecule has 0 spiro atoms. The lowest BCUT2D eigenvalue weighted by Crippen LogP contribution is -2.17. The first-order chi connectivity index (χ1) is 9.59. The van der Waals surface area contributed by atoms with Crippen LogP contribution in [0.25, 0.3) is 0 Å². The molecule has 2 aromatic rings. The van der Waals surface area contributed by atoms with Gasteiger partial charge in [0.15, 0.2) is 11.5 Å². The second-order valence-electron chi connectivity index (χ2n) is 3.93. The van der Waals surface area contributed by atoms with E-state index in [0.29, 0.717) is 0 Å². The third-order valence-electron chi connectivity index (χ3n) is 2.56. The summed E-state index contributed by atoms with van der Waals surface area (Å²) < 4.78 is 0. The molecule has 0 saturated carbocycles. The second kappa shape index (κ2) is 5.75. The highest BCUT2D eigenvalue weighted by Crippen LogP contribution is 2.26. The van der Waals surface area contributed by atoms with E-state index in [0.717, 1.165) is 0 Å². The molecule has 2 aromatic carbocycles. The lowest BCUT2D eigenvalue weighted by molar-refractivity contribution is 0.0952. The number of aromatic hydroxyl groups is 3. The molecule has 102 valence electrons. The average Bonchev–Trinajstić information content (AvgIpc) is 2.44. The Balaban J connectivity index is 2.09. The number of nitrogens with zero attached hydrogens (tertiary/aromatic N) is 1. The van der Waals surface area contributed by atoms with Crippen molar-refractivity contribution < 1.29 is 20.1 Å². The number of hydrogen-bond donors (Lipinski definition) is 4. The number of amides is 1. The Hall–Kier alpha value is -3.02. The monoisotopic (exact) mass is 272 g/mol. The molecule has 0 bridgehead atoms. The fourth-order valence-corrected chi connectivity index (χ4v) is 1.54. The molecule has 2 rings (SSSR count). The largest absolute Gasteiger partial charge is 0.507 e. The molecule has 0 atom stereocenters. The highest BCUT2D eigenvalue weighted by atomic mass is 16.3. The summed E-state index contributed by atoms with van der Waals surface area (Å²) >= 11 is 0. The fourth-order valence-electron chi connectivity index (χ4n) is 1.54. The number of benzene rings is 2. The molecule has 0 aliphatic carbocycles. The molecule has 0 fully saturated rings. The van der Waals surface area contributed by atoms with Gasteiger partial charge >= 0.3 is 0 Å². The van der Waals surface area contributed by atoms with Gasteiger partial charge in [-0.25, -0.2) is 5.43 Å². The van der Waals surface area contributed by atoms with Gasteiger partial charge in [-0.05, 0) is 24.3 Å². The zero-order chi connectivity index (χ0) is 14.5. The highest BCUT2D eigenvalue weighted by Gasteiger charge is 2.09. The number of hydrazone groups is 1. The van der Waals surface area contributed by atoms with Crippen LogP contribution >= 0.6 is 0 Å². The molecule has 0 aromatic heterocycles. The summed E-state index contributed by atoms with van der Waals surface area (Å²) in [4.78, 5) is 11.7. The van der Waals surface area contributed by atoms with Crippen molar-refractivity contribution in [3.63, 3.8) is 0 Å². The van der Waals surface area contributed by atoms with Crippen molar-refractivity contribution in [2.45, 2.75) is 0 Å². The van der Waals surface area contributed by atoms with Gasteiger partial charge in [-0.2, -0.15) is 5.10 Å². The van der Waals surface area contributed by atoms with Crippen molar-refractivity contribution in [1.82, 2.24) is 5.43 Å². The number of nitrogens with one attached hydrogen (secondary N) is 1. The van der Waals surface area contributed by atoms with Crippen molar-refractivity contribution in [1.29, 1.82) is 0 Å². The van der Waals surface area contributed by atoms with Crippen molar-refractivity contribution in [2.24, 2.45) is 5.10 Å². The van der Waals surface area contributed by atoms with Crippen molar-refractivity contribution >= 4 is 12.1 Å². The maximum atomic E-state index is 11.7. The third-order valence-corrected chi connectivity index (χ3v) is 2.56. The number of rotatable bonds is 3. The van der Waals surface area contributed by atoms with Gasteiger partial charge in [0, 0.05) is 5.56 Å². The van der Waals surface area contributed by atoms with Gasteiger partial charge in [0.2, 0.25) is 0 Å². The van der Waals surface area contributed by atoms with Gasteiger partial charge in [0.1, 0.15) is 5.75 Å². The summed E-state index contributed by atoms with van der Waals surface area (Å²) in [7, 11) is 0. The fraction of sp³-hybridized carbons (Fsp3) is 0. The Morgan fingerprint density at radius 1 is 1.00 bits per heavy atom. The molecule has 1 amide bonds. The molecule has 6 heteroatoms.